The fourth-order valence-corrected chi connectivity index (χ4v) is 2.18. The molecule has 6 N–H and O–H groups in total. The molecule has 1 atom stereocenters. The van der Waals surface area contributed by atoms with Crippen LogP contribution in [0.5, 0.6) is 0 Å². The Hall–Kier alpha value is -1.60. The summed E-state index contributed by atoms with van der Waals surface area (Å²) in [6, 6.07) is 2.05. The predicted octanol–water partition coefficient (Wildman–Crippen LogP) is 0.714. The second kappa shape index (κ2) is 4.95. The number of rotatable bonds is 3. The molecule has 0 amide bonds. The number of aromatic nitrogens is 2. The minimum Gasteiger partial charge on any atom is -0.375 e. The van der Waals surface area contributed by atoms with E-state index in [2.05, 4.69) is 34.6 Å². The van der Waals surface area contributed by atoms with Crippen molar-refractivity contribution in [3.05, 3.63) is 6.07 Å². The molecule has 0 aromatic carbocycles. The molecule has 0 saturated carbocycles. The van der Waals surface area contributed by atoms with Crippen LogP contribution in [-0.4, -0.2) is 28.2 Å². The number of ether oxygens (including phenoxy) is 1. The van der Waals surface area contributed by atoms with Crippen molar-refractivity contribution < 1.29 is 4.74 Å². The largest absolute Gasteiger partial charge is 0.375 e. The smallest absolute Gasteiger partial charge is 0.223 e. The van der Waals surface area contributed by atoms with Crippen LogP contribution in [-0.2, 0) is 4.74 Å². The SMILES string of the molecule is CC1(C)CC(Nc2cc(NN)nc(N)n2)CCO1. The molecule has 1 aliphatic heterocycles. The molecule has 1 fully saturated rings. The van der Waals surface area contributed by atoms with Gasteiger partial charge in [-0.05, 0) is 26.7 Å². The van der Waals surface area contributed by atoms with Gasteiger partial charge in [0.2, 0.25) is 5.95 Å². The van der Waals surface area contributed by atoms with Gasteiger partial charge in [0, 0.05) is 18.7 Å². The van der Waals surface area contributed by atoms with Crippen molar-refractivity contribution in [2.24, 2.45) is 5.84 Å². The highest BCUT2D eigenvalue weighted by molar-refractivity contribution is 5.50. The van der Waals surface area contributed by atoms with E-state index in [0.29, 0.717) is 17.7 Å². The minimum atomic E-state index is -0.108. The molecule has 18 heavy (non-hydrogen) atoms. The number of hydrogen-bond donors (Lipinski definition) is 4. The Morgan fingerprint density at radius 1 is 1.39 bits per heavy atom. The van der Waals surface area contributed by atoms with E-state index in [1.807, 2.05) is 0 Å². The number of anilines is 3. The van der Waals surface area contributed by atoms with Crippen molar-refractivity contribution in [2.45, 2.75) is 38.3 Å². The third-order valence-corrected chi connectivity index (χ3v) is 2.94. The number of hydrazine groups is 1. The molecular weight excluding hydrogens is 232 g/mol. The van der Waals surface area contributed by atoms with Gasteiger partial charge in [0.25, 0.3) is 0 Å². The van der Waals surface area contributed by atoms with Gasteiger partial charge in [-0.3, -0.25) is 0 Å². The van der Waals surface area contributed by atoms with Gasteiger partial charge in [-0.15, -0.1) is 0 Å². The molecule has 0 bridgehead atoms. The summed E-state index contributed by atoms with van der Waals surface area (Å²) < 4.78 is 5.67. The van der Waals surface area contributed by atoms with E-state index in [-0.39, 0.29) is 11.5 Å². The van der Waals surface area contributed by atoms with Crippen LogP contribution in [0.2, 0.25) is 0 Å². The standard InChI is InChI=1S/C11H20N6O/c1-11(2)6-7(3-4-18-11)14-8-5-9(17-13)16-10(12)15-8/h5,7H,3-4,6,13H2,1-2H3,(H4,12,14,15,16,17). The lowest BCUT2D eigenvalue weighted by Gasteiger charge is -2.36. The Morgan fingerprint density at radius 2 is 2.11 bits per heavy atom. The summed E-state index contributed by atoms with van der Waals surface area (Å²) in [5.74, 6) is 6.69. The van der Waals surface area contributed by atoms with Crippen molar-refractivity contribution >= 4 is 17.6 Å². The van der Waals surface area contributed by atoms with E-state index >= 15 is 0 Å². The molecule has 7 heteroatoms. The molecule has 1 aromatic heterocycles. The number of nitrogens with two attached hydrogens (primary N) is 2. The van der Waals surface area contributed by atoms with Crippen LogP contribution in [0.4, 0.5) is 17.6 Å². The maximum atomic E-state index is 5.67. The molecule has 1 aromatic rings. The summed E-state index contributed by atoms with van der Waals surface area (Å²) in [4.78, 5) is 8.08. The molecule has 2 rings (SSSR count). The first-order valence-electron chi connectivity index (χ1n) is 6.00. The monoisotopic (exact) mass is 252 g/mol. The molecule has 100 valence electrons. The highest BCUT2D eigenvalue weighted by Crippen LogP contribution is 2.26. The van der Waals surface area contributed by atoms with Crippen molar-refractivity contribution in [2.75, 3.05) is 23.1 Å². The summed E-state index contributed by atoms with van der Waals surface area (Å²) in [5.41, 5.74) is 7.97. The van der Waals surface area contributed by atoms with E-state index in [0.717, 1.165) is 19.4 Å². The molecular formula is C11H20N6O. The Labute approximate surface area is 106 Å². The van der Waals surface area contributed by atoms with Gasteiger partial charge in [0.1, 0.15) is 11.6 Å². The Bertz CT molecular complexity index is 422. The molecule has 0 spiro atoms. The second-order valence-corrected chi connectivity index (χ2v) is 5.08. The van der Waals surface area contributed by atoms with Gasteiger partial charge in [-0.2, -0.15) is 9.97 Å². The van der Waals surface area contributed by atoms with Gasteiger partial charge in [0.15, 0.2) is 0 Å². The summed E-state index contributed by atoms with van der Waals surface area (Å²) >= 11 is 0. The van der Waals surface area contributed by atoms with Crippen LogP contribution < -0.4 is 22.3 Å². The van der Waals surface area contributed by atoms with Crippen molar-refractivity contribution in [3.8, 4) is 0 Å². The summed E-state index contributed by atoms with van der Waals surface area (Å²) in [6.07, 6.45) is 1.86. The fourth-order valence-electron chi connectivity index (χ4n) is 2.18. The van der Waals surface area contributed by atoms with Crippen LogP contribution in [0, 0.1) is 0 Å². The third-order valence-electron chi connectivity index (χ3n) is 2.94. The van der Waals surface area contributed by atoms with Gasteiger partial charge < -0.3 is 21.2 Å². The molecule has 1 saturated heterocycles. The number of nitrogens with one attached hydrogen (secondary N) is 2. The van der Waals surface area contributed by atoms with Crippen LogP contribution in [0.1, 0.15) is 26.7 Å². The van der Waals surface area contributed by atoms with E-state index in [1.54, 1.807) is 6.07 Å². The predicted molar refractivity (Wildman–Crippen MR) is 70.9 cm³/mol. The molecule has 7 nitrogen and oxygen atoms in total. The van der Waals surface area contributed by atoms with Gasteiger partial charge in [-0.25, -0.2) is 5.84 Å². The zero-order valence-electron chi connectivity index (χ0n) is 10.7. The maximum absolute atomic E-state index is 5.67. The van der Waals surface area contributed by atoms with E-state index < -0.39 is 0 Å². The minimum absolute atomic E-state index is 0.108. The normalized spacial score (nSPS) is 22.5. The molecule has 0 aliphatic carbocycles. The van der Waals surface area contributed by atoms with Crippen LogP contribution in [0.15, 0.2) is 6.07 Å². The summed E-state index contributed by atoms with van der Waals surface area (Å²) in [7, 11) is 0. The van der Waals surface area contributed by atoms with Crippen LogP contribution in [0.3, 0.4) is 0 Å². The maximum Gasteiger partial charge on any atom is 0.223 e. The Morgan fingerprint density at radius 3 is 2.78 bits per heavy atom. The lowest BCUT2D eigenvalue weighted by atomic mass is 9.94. The zero-order valence-corrected chi connectivity index (χ0v) is 10.7. The Balaban J connectivity index is 2.07. The third kappa shape index (κ3) is 3.21. The number of nitrogens with zero attached hydrogens (tertiary/aromatic N) is 2. The Kier molecular flexibility index (Phi) is 3.53. The first-order valence-corrected chi connectivity index (χ1v) is 6.00. The first kappa shape index (κ1) is 12.8. The summed E-state index contributed by atoms with van der Waals surface area (Å²) in [5, 5.41) is 3.35. The van der Waals surface area contributed by atoms with Gasteiger partial charge >= 0.3 is 0 Å². The average molecular weight is 252 g/mol. The number of hydrogen-bond acceptors (Lipinski definition) is 7. The molecule has 1 unspecified atom stereocenters. The second-order valence-electron chi connectivity index (χ2n) is 5.08. The van der Waals surface area contributed by atoms with Crippen LogP contribution in [0.25, 0.3) is 0 Å². The molecule has 1 aliphatic rings. The van der Waals surface area contributed by atoms with Crippen molar-refractivity contribution in [1.29, 1.82) is 0 Å². The lowest BCUT2D eigenvalue weighted by molar-refractivity contribution is -0.0553. The average Bonchev–Trinajstić information content (AvgIpc) is 2.26. The van der Waals surface area contributed by atoms with Crippen molar-refractivity contribution in [1.82, 2.24) is 9.97 Å². The highest BCUT2D eigenvalue weighted by Gasteiger charge is 2.28. The molecule has 2 heterocycles. The van der Waals surface area contributed by atoms with Crippen LogP contribution >= 0.6 is 0 Å². The van der Waals surface area contributed by atoms with Crippen molar-refractivity contribution in [3.63, 3.8) is 0 Å². The van der Waals surface area contributed by atoms with E-state index in [1.165, 1.54) is 0 Å². The quantitative estimate of drug-likeness (QED) is 0.463. The van der Waals surface area contributed by atoms with Gasteiger partial charge in [-0.1, -0.05) is 0 Å². The van der Waals surface area contributed by atoms with E-state index in [4.69, 9.17) is 16.3 Å². The first-order chi connectivity index (χ1) is 8.48. The summed E-state index contributed by atoms with van der Waals surface area (Å²) in [6.45, 7) is 4.91. The topological polar surface area (TPSA) is 111 Å². The highest BCUT2D eigenvalue weighted by atomic mass is 16.5. The lowest BCUT2D eigenvalue weighted by Crippen LogP contribution is -2.40. The van der Waals surface area contributed by atoms with E-state index in [9.17, 15) is 0 Å². The number of nitrogen functional groups attached to an aromatic ring is 2. The zero-order chi connectivity index (χ0) is 13.2. The van der Waals surface area contributed by atoms with Gasteiger partial charge in [0.05, 0.1) is 5.60 Å². The molecule has 0 radical (unpaired) electrons. The fraction of sp³-hybridized carbons (Fsp3) is 0.636.